The molecule has 0 aliphatic heterocycles. The fraction of sp³-hybridized carbons (Fsp3) is 0.583. The number of aromatic nitrogens is 1. The lowest BCUT2D eigenvalue weighted by atomic mass is 10.3. The second-order valence-corrected chi connectivity index (χ2v) is 3.79. The van der Waals surface area contributed by atoms with E-state index >= 15 is 0 Å². The monoisotopic (exact) mass is 239 g/mol. The summed E-state index contributed by atoms with van der Waals surface area (Å²) < 4.78 is 0. The molecule has 0 fully saturated rings. The lowest BCUT2D eigenvalue weighted by Crippen LogP contribution is -2.29. The van der Waals surface area contributed by atoms with Gasteiger partial charge in [-0.2, -0.15) is 0 Å². The van der Waals surface area contributed by atoms with E-state index in [0.29, 0.717) is 19.6 Å². The maximum absolute atomic E-state index is 8.92. The van der Waals surface area contributed by atoms with Gasteiger partial charge in [-0.25, -0.2) is 0 Å². The van der Waals surface area contributed by atoms with Crippen LogP contribution in [0.25, 0.3) is 0 Å². The summed E-state index contributed by atoms with van der Waals surface area (Å²) in [5.41, 5.74) is 1.98. The number of hydrogen-bond donors (Lipinski definition) is 3. The molecule has 0 aliphatic carbocycles. The molecule has 0 spiro atoms. The molecule has 1 aromatic rings. The van der Waals surface area contributed by atoms with Crippen molar-refractivity contribution >= 4 is 5.69 Å². The van der Waals surface area contributed by atoms with Crippen molar-refractivity contribution in [3.8, 4) is 0 Å². The number of pyridine rings is 1. The first-order valence-electron chi connectivity index (χ1n) is 5.93. The highest BCUT2D eigenvalue weighted by Crippen LogP contribution is 2.09. The minimum Gasteiger partial charge on any atom is -0.395 e. The molecule has 1 rings (SSSR count). The third-order valence-electron chi connectivity index (χ3n) is 2.42. The van der Waals surface area contributed by atoms with Crippen LogP contribution in [0.3, 0.4) is 0 Å². The standard InChI is InChI=1S/C12H21N3O2/c1-2-13-11-3-4-14-12(9-11)10-15(5-7-16)6-8-17/h3-4,9,16-17H,2,5-8,10H2,1H3,(H,13,14). The van der Waals surface area contributed by atoms with Crippen LogP contribution in [0.2, 0.25) is 0 Å². The fourth-order valence-corrected chi connectivity index (χ4v) is 1.66. The zero-order chi connectivity index (χ0) is 12.5. The number of nitrogens with zero attached hydrogens (tertiary/aromatic N) is 2. The van der Waals surface area contributed by atoms with Gasteiger partial charge in [0, 0.05) is 38.1 Å². The van der Waals surface area contributed by atoms with E-state index in [1.165, 1.54) is 0 Å². The number of anilines is 1. The summed E-state index contributed by atoms with van der Waals surface area (Å²) in [5, 5.41) is 21.1. The lowest BCUT2D eigenvalue weighted by molar-refractivity contribution is 0.154. The van der Waals surface area contributed by atoms with Crippen molar-refractivity contribution < 1.29 is 10.2 Å². The molecule has 0 aromatic carbocycles. The van der Waals surface area contributed by atoms with Crippen molar-refractivity contribution in [2.75, 3.05) is 38.2 Å². The van der Waals surface area contributed by atoms with Crippen molar-refractivity contribution in [3.05, 3.63) is 24.0 Å². The molecule has 5 nitrogen and oxygen atoms in total. The summed E-state index contributed by atoms with van der Waals surface area (Å²) >= 11 is 0. The second kappa shape index (κ2) is 8.00. The van der Waals surface area contributed by atoms with Crippen molar-refractivity contribution in [1.29, 1.82) is 0 Å². The summed E-state index contributed by atoms with van der Waals surface area (Å²) in [7, 11) is 0. The van der Waals surface area contributed by atoms with Gasteiger partial charge in [0.25, 0.3) is 0 Å². The molecule has 17 heavy (non-hydrogen) atoms. The second-order valence-electron chi connectivity index (χ2n) is 3.79. The van der Waals surface area contributed by atoms with Gasteiger partial charge in [0.15, 0.2) is 0 Å². The average Bonchev–Trinajstić information content (AvgIpc) is 2.30. The predicted octanol–water partition coefficient (Wildman–Crippen LogP) is 0.300. The highest BCUT2D eigenvalue weighted by atomic mass is 16.3. The van der Waals surface area contributed by atoms with Crippen LogP contribution in [-0.4, -0.2) is 52.9 Å². The number of rotatable bonds is 8. The van der Waals surface area contributed by atoms with Crippen molar-refractivity contribution in [2.45, 2.75) is 13.5 Å². The molecule has 96 valence electrons. The van der Waals surface area contributed by atoms with E-state index in [0.717, 1.165) is 17.9 Å². The maximum atomic E-state index is 8.92. The average molecular weight is 239 g/mol. The van der Waals surface area contributed by atoms with Crippen molar-refractivity contribution in [3.63, 3.8) is 0 Å². The van der Waals surface area contributed by atoms with Crippen LogP contribution in [0.4, 0.5) is 5.69 Å². The van der Waals surface area contributed by atoms with E-state index in [2.05, 4.69) is 10.3 Å². The SMILES string of the molecule is CCNc1ccnc(CN(CCO)CCO)c1. The van der Waals surface area contributed by atoms with Gasteiger partial charge in [-0.15, -0.1) is 0 Å². The van der Waals surface area contributed by atoms with Crippen LogP contribution in [0.15, 0.2) is 18.3 Å². The molecule has 0 radical (unpaired) electrons. The Morgan fingerprint density at radius 2 is 2.00 bits per heavy atom. The van der Waals surface area contributed by atoms with Gasteiger partial charge in [0.2, 0.25) is 0 Å². The minimum absolute atomic E-state index is 0.0902. The van der Waals surface area contributed by atoms with Gasteiger partial charge >= 0.3 is 0 Å². The number of nitrogens with one attached hydrogen (secondary N) is 1. The van der Waals surface area contributed by atoms with Crippen LogP contribution >= 0.6 is 0 Å². The quantitative estimate of drug-likeness (QED) is 0.609. The molecule has 1 aromatic heterocycles. The van der Waals surface area contributed by atoms with Crippen molar-refractivity contribution in [2.24, 2.45) is 0 Å². The first kappa shape index (κ1) is 13.9. The Kier molecular flexibility index (Phi) is 6.54. The Hall–Kier alpha value is -1.17. The zero-order valence-electron chi connectivity index (χ0n) is 10.3. The van der Waals surface area contributed by atoms with E-state index in [4.69, 9.17) is 10.2 Å². The van der Waals surface area contributed by atoms with Gasteiger partial charge < -0.3 is 15.5 Å². The Balaban J connectivity index is 2.60. The number of aliphatic hydroxyl groups is 2. The Bertz CT molecular complexity index is 314. The third-order valence-corrected chi connectivity index (χ3v) is 2.42. The van der Waals surface area contributed by atoms with Crippen molar-refractivity contribution in [1.82, 2.24) is 9.88 Å². The molecule has 0 bridgehead atoms. The molecule has 3 N–H and O–H groups in total. The molecular formula is C12H21N3O2. The number of aliphatic hydroxyl groups excluding tert-OH is 2. The van der Waals surface area contributed by atoms with E-state index in [1.807, 2.05) is 24.0 Å². The maximum Gasteiger partial charge on any atom is 0.0564 e. The van der Waals surface area contributed by atoms with Crippen LogP contribution < -0.4 is 5.32 Å². The Labute approximate surface area is 102 Å². The molecular weight excluding hydrogens is 218 g/mol. The summed E-state index contributed by atoms with van der Waals surface area (Å²) in [4.78, 5) is 6.25. The zero-order valence-corrected chi connectivity index (χ0v) is 10.3. The van der Waals surface area contributed by atoms with Gasteiger partial charge in [-0.1, -0.05) is 0 Å². The molecule has 0 unspecified atom stereocenters. The van der Waals surface area contributed by atoms with Crippen LogP contribution in [0.1, 0.15) is 12.6 Å². The van der Waals surface area contributed by atoms with E-state index < -0.39 is 0 Å². The van der Waals surface area contributed by atoms with Gasteiger partial charge in [-0.05, 0) is 19.1 Å². The summed E-state index contributed by atoms with van der Waals surface area (Å²) in [5.74, 6) is 0. The molecule has 5 heteroatoms. The van der Waals surface area contributed by atoms with E-state index in [1.54, 1.807) is 6.20 Å². The van der Waals surface area contributed by atoms with E-state index in [9.17, 15) is 0 Å². The first-order valence-corrected chi connectivity index (χ1v) is 5.93. The summed E-state index contributed by atoms with van der Waals surface area (Å²) in [6.45, 7) is 4.84. The summed E-state index contributed by atoms with van der Waals surface area (Å²) in [6.07, 6.45) is 1.77. The molecule has 0 atom stereocenters. The molecule has 0 saturated heterocycles. The smallest absolute Gasteiger partial charge is 0.0564 e. The molecule has 1 heterocycles. The molecule has 0 saturated carbocycles. The Morgan fingerprint density at radius 1 is 1.29 bits per heavy atom. The largest absolute Gasteiger partial charge is 0.395 e. The van der Waals surface area contributed by atoms with Crippen LogP contribution in [-0.2, 0) is 6.54 Å². The third kappa shape index (κ3) is 5.12. The lowest BCUT2D eigenvalue weighted by Gasteiger charge is -2.19. The number of hydrogen-bond acceptors (Lipinski definition) is 5. The highest BCUT2D eigenvalue weighted by molar-refractivity contribution is 5.42. The van der Waals surface area contributed by atoms with Crippen LogP contribution in [0, 0.1) is 0 Å². The normalized spacial score (nSPS) is 10.8. The minimum atomic E-state index is 0.0902. The van der Waals surface area contributed by atoms with Crippen LogP contribution in [0.5, 0.6) is 0 Å². The molecule has 0 amide bonds. The van der Waals surface area contributed by atoms with Gasteiger partial charge in [-0.3, -0.25) is 9.88 Å². The van der Waals surface area contributed by atoms with Gasteiger partial charge in [0.1, 0.15) is 0 Å². The first-order chi connectivity index (χ1) is 8.30. The van der Waals surface area contributed by atoms with E-state index in [-0.39, 0.29) is 13.2 Å². The fourth-order valence-electron chi connectivity index (χ4n) is 1.66. The predicted molar refractivity (Wildman–Crippen MR) is 67.8 cm³/mol. The molecule has 0 aliphatic rings. The topological polar surface area (TPSA) is 68.6 Å². The Morgan fingerprint density at radius 3 is 2.59 bits per heavy atom. The highest BCUT2D eigenvalue weighted by Gasteiger charge is 2.06. The summed E-state index contributed by atoms with van der Waals surface area (Å²) in [6, 6.07) is 3.92. The van der Waals surface area contributed by atoms with Gasteiger partial charge in [0.05, 0.1) is 18.9 Å².